The van der Waals surface area contributed by atoms with E-state index in [2.05, 4.69) is 5.32 Å². The van der Waals surface area contributed by atoms with Crippen LogP contribution in [0.4, 0.5) is 0 Å². The van der Waals surface area contributed by atoms with E-state index in [4.69, 9.17) is 9.15 Å². The lowest BCUT2D eigenvalue weighted by molar-refractivity contribution is 0.0899. The van der Waals surface area contributed by atoms with Crippen LogP contribution in [0.1, 0.15) is 41.3 Å². The molecule has 1 unspecified atom stereocenters. The van der Waals surface area contributed by atoms with Crippen LogP contribution < -0.4 is 5.32 Å². The van der Waals surface area contributed by atoms with E-state index in [9.17, 15) is 13.2 Å². The molecule has 1 N–H and O–H groups in total. The molecule has 0 fully saturated rings. The van der Waals surface area contributed by atoms with E-state index in [0.717, 1.165) is 11.8 Å². The fraction of sp³-hybridized carbons (Fsp3) is 0.353. The van der Waals surface area contributed by atoms with E-state index in [1.807, 2.05) is 6.92 Å². The summed E-state index contributed by atoms with van der Waals surface area (Å²) in [5.41, 5.74) is 0.835. The van der Waals surface area contributed by atoms with Gasteiger partial charge in [0.05, 0.1) is 10.9 Å². The van der Waals surface area contributed by atoms with Gasteiger partial charge in [-0.2, -0.15) is 0 Å². The van der Waals surface area contributed by atoms with Gasteiger partial charge >= 0.3 is 0 Å². The minimum atomic E-state index is -3.23. The third-order valence-corrected chi connectivity index (χ3v) is 4.72. The van der Waals surface area contributed by atoms with Crippen molar-refractivity contribution in [2.24, 2.45) is 0 Å². The second kappa shape index (κ2) is 7.63. The van der Waals surface area contributed by atoms with Crippen molar-refractivity contribution in [3.05, 3.63) is 53.5 Å². The Kier molecular flexibility index (Phi) is 5.80. The van der Waals surface area contributed by atoms with Crippen LogP contribution in [0.25, 0.3) is 0 Å². The van der Waals surface area contributed by atoms with E-state index in [-0.39, 0.29) is 22.6 Å². The Bertz CT molecular complexity index is 793. The van der Waals surface area contributed by atoms with E-state index >= 15 is 0 Å². The van der Waals surface area contributed by atoms with Gasteiger partial charge in [0.15, 0.2) is 15.6 Å². The molecule has 0 spiro atoms. The van der Waals surface area contributed by atoms with Gasteiger partial charge < -0.3 is 14.5 Å². The fourth-order valence-electron chi connectivity index (χ4n) is 2.32. The Morgan fingerprint density at radius 1 is 1.21 bits per heavy atom. The highest BCUT2D eigenvalue weighted by Gasteiger charge is 2.17. The molecular formula is C17H21NO5S. The molecule has 0 aliphatic rings. The van der Waals surface area contributed by atoms with Crippen LogP contribution in [-0.2, 0) is 21.2 Å². The Morgan fingerprint density at radius 2 is 1.88 bits per heavy atom. The molecule has 6 nitrogen and oxygen atoms in total. The average molecular weight is 351 g/mol. The van der Waals surface area contributed by atoms with E-state index < -0.39 is 9.84 Å². The third-order valence-electron chi connectivity index (χ3n) is 3.60. The lowest BCUT2D eigenvalue weighted by Crippen LogP contribution is -2.27. The SMILES string of the molecule is CCC(NC(=O)c1ccc(COC)o1)c1ccc(S(C)(=O)=O)cc1. The molecule has 130 valence electrons. The van der Waals surface area contributed by atoms with Crippen LogP contribution in [-0.4, -0.2) is 27.7 Å². The molecule has 1 aromatic heterocycles. The normalized spacial score (nSPS) is 12.8. The van der Waals surface area contributed by atoms with E-state index in [1.165, 1.54) is 0 Å². The van der Waals surface area contributed by atoms with Crippen molar-refractivity contribution < 1.29 is 22.4 Å². The molecule has 7 heteroatoms. The maximum atomic E-state index is 12.3. The van der Waals surface area contributed by atoms with Gasteiger partial charge in [0, 0.05) is 13.4 Å². The molecule has 1 aromatic carbocycles. The highest BCUT2D eigenvalue weighted by Crippen LogP contribution is 2.20. The Hall–Kier alpha value is -2.12. The molecule has 0 saturated heterocycles. The van der Waals surface area contributed by atoms with Crippen molar-refractivity contribution in [2.45, 2.75) is 30.9 Å². The summed E-state index contributed by atoms with van der Waals surface area (Å²) in [6, 6.07) is 9.57. The van der Waals surface area contributed by atoms with Crippen molar-refractivity contribution in [3.8, 4) is 0 Å². The fourth-order valence-corrected chi connectivity index (χ4v) is 2.95. The number of furan rings is 1. The number of amides is 1. The number of hydrogen-bond donors (Lipinski definition) is 1. The van der Waals surface area contributed by atoms with Crippen molar-refractivity contribution in [1.82, 2.24) is 5.32 Å². The van der Waals surface area contributed by atoms with Crippen molar-refractivity contribution in [3.63, 3.8) is 0 Å². The van der Waals surface area contributed by atoms with E-state index in [0.29, 0.717) is 18.8 Å². The highest BCUT2D eigenvalue weighted by molar-refractivity contribution is 7.90. The van der Waals surface area contributed by atoms with Crippen LogP contribution in [0.15, 0.2) is 45.7 Å². The van der Waals surface area contributed by atoms with Crippen LogP contribution in [0.3, 0.4) is 0 Å². The molecule has 0 aliphatic carbocycles. The molecule has 1 amide bonds. The first kappa shape index (κ1) is 18.2. The molecule has 1 atom stereocenters. The third kappa shape index (κ3) is 4.46. The van der Waals surface area contributed by atoms with Crippen molar-refractivity contribution in [2.75, 3.05) is 13.4 Å². The number of carbonyl (C=O) groups excluding carboxylic acids is 1. The molecule has 2 aromatic rings. The molecular weight excluding hydrogens is 330 g/mol. The summed E-state index contributed by atoms with van der Waals surface area (Å²) in [6.45, 7) is 2.24. The number of benzene rings is 1. The molecule has 0 saturated carbocycles. The largest absolute Gasteiger partial charge is 0.453 e. The second-order valence-corrected chi connectivity index (χ2v) is 7.49. The smallest absolute Gasteiger partial charge is 0.287 e. The number of ether oxygens (including phenoxy) is 1. The monoisotopic (exact) mass is 351 g/mol. The van der Waals surface area contributed by atoms with Crippen LogP contribution >= 0.6 is 0 Å². The first-order valence-corrected chi connectivity index (χ1v) is 9.42. The lowest BCUT2D eigenvalue weighted by Gasteiger charge is -2.17. The quantitative estimate of drug-likeness (QED) is 0.829. The van der Waals surface area contributed by atoms with Gasteiger partial charge in [0.25, 0.3) is 5.91 Å². The molecule has 24 heavy (non-hydrogen) atoms. The average Bonchev–Trinajstić information content (AvgIpc) is 3.01. The minimum absolute atomic E-state index is 0.216. The Morgan fingerprint density at radius 3 is 2.42 bits per heavy atom. The zero-order valence-corrected chi connectivity index (χ0v) is 14.7. The standard InChI is InChI=1S/C17H21NO5S/c1-4-15(12-5-8-14(9-6-12)24(3,20)21)18-17(19)16-10-7-13(23-16)11-22-2/h5-10,15H,4,11H2,1-3H3,(H,18,19). The maximum Gasteiger partial charge on any atom is 0.287 e. The maximum absolute atomic E-state index is 12.3. The zero-order valence-electron chi connectivity index (χ0n) is 13.9. The highest BCUT2D eigenvalue weighted by atomic mass is 32.2. The molecule has 1 heterocycles. The van der Waals surface area contributed by atoms with Crippen molar-refractivity contribution in [1.29, 1.82) is 0 Å². The van der Waals surface area contributed by atoms with Crippen LogP contribution in [0, 0.1) is 0 Å². The van der Waals surface area contributed by atoms with Crippen LogP contribution in [0.2, 0.25) is 0 Å². The van der Waals surface area contributed by atoms with Gasteiger partial charge in [-0.05, 0) is 36.2 Å². The molecule has 0 bridgehead atoms. The lowest BCUT2D eigenvalue weighted by atomic mass is 10.0. The predicted octanol–water partition coefficient (Wildman–Crippen LogP) is 2.71. The summed E-state index contributed by atoms with van der Waals surface area (Å²) >= 11 is 0. The summed E-state index contributed by atoms with van der Waals surface area (Å²) in [7, 11) is -1.68. The van der Waals surface area contributed by atoms with Gasteiger partial charge in [-0.1, -0.05) is 19.1 Å². The number of methoxy groups -OCH3 is 1. The summed E-state index contributed by atoms with van der Waals surface area (Å²) < 4.78 is 33.4. The first-order valence-electron chi connectivity index (χ1n) is 7.53. The number of hydrogen-bond acceptors (Lipinski definition) is 5. The molecule has 0 radical (unpaired) electrons. The van der Waals surface area contributed by atoms with E-state index in [1.54, 1.807) is 43.5 Å². The van der Waals surface area contributed by atoms with Crippen LogP contribution in [0.5, 0.6) is 0 Å². The minimum Gasteiger partial charge on any atom is -0.453 e. The number of carbonyl (C=O) groups is 1. The second-order valence-electron chi connectivity index (χ2n) is 5.47. The summed E-state index contributed by atoms with van der Waals surface area (Å²) in [4.78, 5) is 12.5. The number of nitrogens with one attached hydrogen (secondary N) is 1. The van der Waals surface area contributed by atoms with Gasteiger partial charge in [-0.3, -0.25) is 4.79 Å². The Balaban J connectivity index is 2.12. The number of sulfone groups is 1. The van der Waals surface area contributed by atoms with Gasteiger partial charge in [0.2, 0.25) is 0 Å². The van der Waals surface area contributed by atoms with Crippen molar-refractivity contribution >= 4 is 15.7 Å². The predicted molar refractivity (Wildman–Crippen MR) is 89.5 cm³/mol. The van der Waals surface area contributed by atoms with Gasteiger partial charge in [-0.25, -0.2) is 8.42 Å². The topological polar surface area (TPSA) is 85.6 Å². The zero-order chi connectivity index (χ0) is 17.7. The Labute approximate surface area is 141 Å². The first-order chi connectivity index (χ1) is 11.3. The van der Waals surface area contributed by atoms with Gasteiger partial charge in [-0.15, -0.1) is 0 Å². The van der Waals surface area contributed by atoms with Gasteiger partial charge in [0.1, 0.15) is 12.4 Å². The summed E-state index contributed by atoms with van der Waals surface area (Å²) in [6.07, 6.45) is 1.82. The summed E-state index contributed by atoms with van der Waals surface area (Å²) in [5, 5.41) is 2.89. The molecule has 2 rings (SSSR count). The number of rotatable bonds is 7. The summed E-state index contributed by atoms with van der Waals surface area (Å²) in [5.74, 6) is 0.470. The molecule has 0 aliphatic heterocycles.